The van der Waals surface area contributed by atoms with E-state index in [4.69, 9.17) is 9.47 Å². The molecule has 0 spiro atoms. The first kappa shape index (κ1) is 25.5. The minimum Gasteiger partial charge on any atom is -0.429 e. The summed E-state index contributed by atoms with van der Waals surface area (Å²) in [5.74, 6) is -7.60. The Morgan fingerprint density at radius 1 is 0.743 bits per heavy atom. The van der Waals surface area contributed by atoms with Gasteiger partial charge in [-0.3, -0.25) is 0 Å². The van der Waals surface area contributed by atoms with Gasteiger partial charge >= 0.3 is 12.5 Å². The molecule has 1 aliphatic carbocycles. The van der Waals surface area contributed by atoms with Crippen molar-refractivity contribution in [2.75, 3.05) is 13.2 Å². The lowest BCUT2D eigenvalue weighted by Crippen LogP contribution is -2.31. The van der Waals surface area contributed by atoms with Crippen LogP contribution in [0.15, 0.2) is 30.3 Å². The van der Waals surface area contributed by atoms with Crippen LogP contribution in [0.3, 0.4) is 0 Å². The van der Waals surface area contributed by atoms with Gasteiger partial charge in [-0.25, -0.2) is 13.2 Å². The van der Waals surface area contributed by atoms with E-state index < -0.39 is 53.3 Å². The maximum absolute atomic E-state index is 14.6. The summed E-state index contributed by atoms with van der Waals surface area (Å²) in [4.78, 5) is 0. The molecule has 35 heavy (non-hydrogen) atoms. The van der Waals surface area contributed by atoms with Crippen molar-refractivity contribution < 1.29 is 54.1 Å². The Labute approximate surface area is 194 Å². The fourth-order valence-corrected chi connectivity index (χ4v) is 4.34. The molecule has 2 fully saturated rings. The first-order valence-electron chi connectivity index (χ1n) is 10.8. The van der Waals surface area contributed by atoms with Crippen LogP contribution in [-0.4, -0.2) is 19.6 Å². The Morgan fingerprint density at radius 2 is 1.34 bits per heavy atom. The molecule has 0 amide bonds. The van der Waals surface area contributed by atoms with Gasteiger partial charge in [0.1, 0.15) is 11.6 Å². The third-order valence-corrected chi connectivity index (χ3v) is 6.00. The third-order valence-electron chi connectivity index (χ3n) is 6.00. The van der Waals surface area contributed by atoms with E-state index in [2.05, 4.69) is 9.47 Å². The minimum atomic E-state index is -5.41. The maximum Gasteiger partial charge on any atom is 0.573 e. The van der Waals surface area contributed by atoms with Gasteiger partial charge in [-0.1, -0.05) is 31.7 Å². The van der Waals surface area contributed by atoms with E-state index in [1.807, 2.05) is 0 Å². The van der Waals surface area contributed by atoms with E-state index in [9.17, 15) is 35.1 Å². The zero-order valence-corrected chi connectivity index (χ0v) is 18.0. The summed E-state index contributed by atoms with van der Waals surface area (Å²) in [6.45, 7) is 0.784. The SMILES string of the molecule is Fc1cc(C2OCC(C3CCCC3)CO2)ccc1C(F)(F)Oc1cc(F)c(OC(F)(F)F)c(F)c1. The van der Waals surface area contributed by atoms with Crippen molar-refractivity contribution in [3.8, 4) is 11.5 Å². The second-order valence-corrected chi connectivity index (χ2v) is 8.43. The Morgan fingerprint density at radius 3 is 1.89 bits per heavy atom. The highest BCUT2D eigenvalue weighted by Gasteiger charge is 2.40. The van der Waals surface area contributed by atoms with Crippen LogP contribution in [-0.2, 0) is 15.6 Å². The molecule has 1 heterocycles. The molecule has 4 rings (SSSR count). The zero-order chi connectivity index (χ0) is 25.4. The van der Waals surface area contributed by atoms with E-state index >= 15 is 0 Å². The summed E-state index contributed by atoms with van der Waals surface area (Å²) in [7, 11) is 0. The van der Waals surface area contributed by atoms with Crippen LogP contribution in [0.2, 0.25) is 0 Å². The third kappa shape index (κ3) is 5.97. The quantitative estimate of drug-likeness (QED) is 0.392. The van der Waals surface area contributed by atoms with Crippen LogP contribution in [0.25, 0.3) is 0 Å². The first-order valence-corrected chi connectivity index (χ1v) is 10.8. The number of hydrogen-bond donors (Lipinski definition) is 0. The molecule has 0 N–H and O–H groups in total. The molecule has 2 aromatic rings. The highest BCUT2D eigenvalue weighted by molar-refractivity contribution is 5.36. The Balaban J connectivity index is 1.45. The summed E-state index contributed by atoms with van der Waals surface area (Å²) in [5.41, 5.74) is -1.12. The lowest BCUT2D eigenvalue weighted by molar-refractivity contribution is -0.276. The fraction of sp³-hybridized carbons (Fsp3) is 0.478. The average molecular weight is 512 g/mol. The van der Waals surface area contributed by atoms with Gasteiger partial charge < -0.3 is 18.9 Å². The van der Waals surface area contributed by atoms with E-state index in [-0.39, 0.29) is 23.6 Å². The molecule has 1 saturated heterocycles. The van der Waals surface area contributed by atoms with Crippen molar-refractivity contribution in [2.24, 2.45) is 11.8 Å². The lowest BCUT2D eigenvalue weighted by atomic mass is 9.91. The van der Waals surface area contributed by atoms with E-state index in [1.165, 1.54) is 0 Å². The topological polar surface area (TPSA) is 36.9 Å². The normalized spacial score (nSPS) is 21.8. The van der Waals surface area contributed by atoms with Crippen molar-refractivity contribution in [1.29, 1.82) is 0 Å². The molecular formula is C23H20F8O4. The molecular weight excluding hydrogens is 492 g/mol. The minimum absolute atomic E-state index is 0.0643. The molecule has 2 aliphatic rings. The van der Waals surface area contributed by atoms with E-state index in [1.54, 1.807) is 0 Å². The molecule has 1 aliphatic heterocycles. The molecule has 2 aromatic carbocycles. The molecule has 192 valence electrons. The summed E-state index contributed by atoms with van der Waals surface area (Å²) in [6, 6.07) is 2.74. The first-order chi connectivity index (χ1) is 16.4. The van der Waals surface area contributed by atoms with Crippen LogP contribution < -0.4 is 9.47 Å². The summed E-state index contributed by atoms with van der Waals surface area (Å²) in [6.07, 6.45) is -6.30. The van der Waals surface area contributed by atoms with Gasteiger partial charge in [0.25, 0.3) is 0 Å². The largest absolute Gasteiger partial charge is 0.573 e. The fourth-order valence-electron chi connectivity index (χ4n) is 4.34. The number of hydrogen-bond acceptors (Lipinski definition) is 4. The van der Waals surface area contributed by atoms with E-state index in [0.29, 0.717) is 25.2 Å². The van der Waals surface area contributed by atoms with Gasteiger partial charge in [-0.2, -0.15) is 8.78 Å². The number of rotatable bonds is 6. The molecule has 0 unspecified atom stereocenters. The molecule has 4 nitrogen and oxygen atoms in total. The summed E-state index contributed by atoms with van der Waals surface area (Å²) >= 11 is 0. The summed E-state index contributed by atoms with van der Waals surface area (Å²) in [5, 5.41) is 0. The van der Waals surface area contributed by atoms with Gasteiger partial charge in [0, 0.05) is 23.6 Å². The highest BCUT2D eigenvalue weighted by atomic mass is 19.4. The van der Waals surface area contributed by atoms with Gasteiger partial charge in [-0.15, -0.1) is 13.2 Å². The van der Waals surface area contributed by atoms with Crippen molar-refractivity contribution in [3.05, 3.63) is 58.9 Å². The van der Waals surface area contributed by atoms with Gasteiger partial charge in [0.15, 0.2) is 17.9 Å². The predicted molar refractivity (Wildman–Crippen MR) is 104 cm³/mol. The average Bonchev–Trinajstić information content (AvgIpc) is 3.30. The standard InChI is InChI=1S/C23H20F8O4/c24-17-7-13(21-32-10-14(11-33-21)12-3-1-2-4-12)5-6-16(17)22(27,28)34-15-8-18(25)20(19(26)9-15)35-23(29,30)31/h5-9,12,14,21H,1-4,10-11H2. The Bertz CT molecular complexity index is 1020. The second-order valence-electron chi connectivity index (χ2n) is 8.43. The van der Waals surface area contributed by atoms with E-state index in [0.717, 1.165) is 37.8 Å². The number of alkyl halides is 5. The molecule has 1 saturated carbocycles. The molecule has 12 heteroatoms. The van der Waals surface area contributed by atoms with Gasteiger partial charge in [-0.05, 0) is 18.1 Å². The monoisotopic (exact) mass is 512 g/mol. The van der Waals surface area contributed by atoms with Gasteiger partial charge in [0.2, 0.25) is 5.75 Å². The van der Waals surface area contributed by atoms with Crippen LogP contribution >= 0.6 is 0 Å². The Kier molecular flexibility index (Phi) is 7.14. The van der Waals surface area contributed by atoms with Crippen LogP contribution in [0.1, 0.15) is 43.1 Å². The van der Waals surface area contributed by atoms with Crippen LogP contribution in [0, 0.1) is 29.3 Å². The maximum atomic E-state index is 14.6. The molecule has 0 radical (unpaired) electrons. The lowest BCUT2D eigenvalue weighted by Gasteiger charge is -2.33. The summed E-state index contributed by atoms with van der Waals surface area (Å²) < 4.78 is 127. The Hall–Kier alpha value is -2.60. The van der Waals surface area contributed by atoms with Crippen molar-refractivity contribution >= 4 is 0 Å². The second kappa shape index (κ2) is 9.81. The smallest absolute Gasteiger partial charge is 0.429 e. The number of ether oxygens (including phenoxy) is 4. The molecule has 0 atom stereocenters. The number of halogens is 8. The van der Waals surface area contributed by atoms with Gasteiger partial charge in [0.05, 0.1) is 18.8 Å². The molecule has 0 bridgehead atoms. The van der Waals surface area contributed by atoms with Crippen molar-refractivity contribution in [1.82, 2.24) is 0 Å². The zero-order valence-electron chi connectivity index (χ0n) is 18.0. The number of benzene rings is 2. The molecule has 0 aromatic heterocycles. The predicted octanol–water partition coefficient (Wildman–Crippen LogP) is 6.98. The van der Waals surface area contributed by atoms with Crippen molar-refractivity contribution in [2.45, 2.75) is 44.4 Å². The van der Waals surface area contributed by atoms with Crippen molar-refractivity contribution in [3.63, 3.8) is 0 Å². The highest BCUT2D eigenvalue weighted by Crippen LogP contribution is 2.39. The van der Waals surface area contributed by atoms with Crippen LogP contribution in [0.5, 0.6) is 11.5 Å². The van der Waals surface area contributed by atoms with Crippen LogP contribution in [0.4, 0.5) is 35.1 Å².